The number of halogens is 2. The Morgan fingerprint density at radius 3 is 2.03 bits per heavy atom. The normalized spacial score (nSPS) is 13.6. The zero-order valence-electron chi connectivity index (χ0n) is 17.4. The van der Waals surface area contributed by atoms with Gasteiger partial charge < -0.3 is 9.80 Å². The lowest BCUT2D eigenvalue weighted by Crippen LogP contribution is -2.49. The first kappa shape index (κ1) is 23.3. The number of piperazine rings is 1. The first-order valence-corrected chi connectivity index (χ1v) is 10.8. The van der Waals surface area contributed by atoms with Crippen LogP contribution in [0.5, 0.6) is 0 Å². The van der Waals surface area contributed by atoms with Crippen LogP contribution in [-0.4, -0.2) is 57.0 Å². The van der Waals surface area contributed by atoms with Gasteiger partial charge in [0.15, 0.2) is 5.82 Å². The van der Waals surface area contributed by atoms with E-state index in [1.54, 1.807) is 30.3 Å². The van der Waals surface area contributed by atoms with Crippen LogP contribution >= 0.6 is 23.2 Å². The molecular formula is C21H16Cl2N6O5. The molecule has 1 aromatic heterocycles. The number of benzene rings is 2. The minimum Gasteiger partial charge on any atom is -0.352 e. The van der Waals surface area contributed by atoms with Crippen molar-refractivity contribution in [2.24, 2.45) is 0 Å². The summed E-state index contributed by atoms with van der Waals surface area (Å²) in [5.74, 6) is 0.109. The van der Waals surface area contributed by atoms with Gasteiger partial charge in [0, 0.05) is 48.9 Å². The fourth-order valence-corrected chi connectivity index (χ4v) is 4.09. The number of rotatable bonds is 5. The molecule has 0 atom stereocenters. The Balaban J connectivity index is 1.45. The Kier molecular flexibility index (Phi) is 6.57. The predicted molar refractivity (Wildman–Crippen MR) is 125 cm³/mol. The van der Waals surface area contributed by atoms with Crippen molar-refractivity contribution in [3.8, 4) is 11.3 Å². The summed E-state index contributed by atoms with van der Waals surface area (Å²) < 4.78 is 0. The number of carbonyl (C=O) groups excluding carboxylic acids is 1. The summed E-state index contributed by atoms with van der Waals surface area (Å²) in [7, 11) is 0. The van der Waals surface area contributed by atoms with Crippen LogP contribution in [0.1, 0.15) is 10.4 Å². The standard InChI is InChI=1S/C21H16Cl2N6O5/c22-14-1-2-17(18(23)11-14)19-3-4-20(25-24-19)26-5-7-27(8-6-26)21(30)13-9-15(28(31)32)12-16(10-13)29(33)34/h1-4,9-12H,5-8H2. The molecule has 1 amide bonds. The maximum atomic E-state index is 12.9. The Hall–Kier alpha value is -3.83. The highest BCUT2D eigenvalue weighted by atomic mass is 35.5. The van der Waals surface area contributed by atoms with Crippen LogP contribution in [0.15, 0.2) is 48.5 Å². The molecule has 0 radical (unpaired) electrons. The topological polar surface area (TPSA) is 136 Å². The van der Waals surface area contributed by atoms with Crippen molar-refractivity contribution >= 4 is 46.3 Å². The van der Waals surface area contributed by atoms with E-state index in [1.165, 1.54) is 4.90 Å². The smallest absolute Gasteiger partial charge is 0.277 e. The Morgan fingerprint density at radius 2 is 1.50 bits per heavy atom. The number of non-ortho nitro benzene ring substituents is 2. The minimum absolute atomic E-state index is 0.0988. The van der Waals surface area contributed by atoms with Crippen molar-refractivity contribution in [1.82, 2.24) is 15.1 Å². The number of aromatic nitrogens is 2. The molecular weight excluding hydrogens is 487 g/mol. The number of nitro benzene ring substituents is 2. The summed E-state index contributed by atoms with van der Waals surface area (Å²) in [6.45, 7) is 1.50. The fraction of sp³-hybridized carbons (Fsp3) is 0.190. The monoisotopic (exact) mass is 502 g/mol. The molecule has 1 aliphatic rings. The van der Waals surface area contributed by atoms with Gasteiger partial charge in [0.2, 0.25) is 0 Å². The van der Waals surface area contributed by atoms with E-state index in [9.17, 15) is 25.0 Å². The molecule has 2 aromatic carbocycles. The molecule has 174 valence electrons. The third kappa shape index (κ3) is 4.90. The second-order valence-corrected chi connectivity index (χ2v) is 8.28. The lowest BCUT2D eigenvalue weighted by atomic mass is 10.1. The van der Waals surface area contributed by atoms with Gasteiger partial charge in [-0.15, -0.1) is 10.2 Å². The third-order valence-electron chi connectivity index (χ3n) is 5.32. The zero-order valence-corrected chi connectivity index (χ0v) is 18.9. The van der Waals surface area contributed by atoms with E-state index in [0.29, 0.717) is 53.3 Å². The Morgan fingerprint density at radius 1 is 0.853 bits per heavy atom. The van der Waals surface area contributed by atoms with Crippen LogP contribution in [0.2, 0.25) is 10.0 Å². The van der Waals surface area contributed by atoms with E-state index < -0.39 is 27.1 Å². The van der Waals surface area contributed by atoms with Crippen LogP contribution in [-0.2, 0) is 0 Å². The Bertz CT molecular complexity index is 1250. The van der Waals surface area contributed by atoms with E-state index in [4.69, 9.17) is 23.2 Å². The van der Waals surface area contributed by atoms with Gasteiger partial charge in [-0.2, -0.15) is 0 Å². The van der Waals surface area contributed by atoms with E-state index >= 15 is 0 Å². The lowest BCUT2D eigenvalue weighted by molar-refractivity contribution is -0.394. The van der Waals surface area contributed by atoms with Crippen LogP contribution in [0, 0.1) is 20.2 Å². The maximum absolute atomic E-state index is 12.9. The number of anilines is 1. The van der Waals surface area contributed by atoms with Crippen molar-refractivity contribution in [2.45, 2.75) is 0 Å². The average Bonchev–Trinajstić information content (AvgIpc) is 2.83. The van der Waals surface area contributed by atoms with Gasteiger partial charge in [0.1, 0.15) is 0 Å². The molecule has 4 rings (SSSR count). The molecule has 2 heterocycles. The molecule has 0 aliphatic carbocycles. The van der Waals surface area contributed by atoms with Crippen molar-refractivity contribution in [2.75, 3.05) is 31.1 Å². The molecule has 0 unspecified atom stereocenters. The molecule has 1 saturated heterocycles. The molecule has 11 nitrogen and oxygen atoms in total. The highest BCUT2D eigenvalue weighted by molar-refractivity contribution is 6.36. The molecule has 1 aliphatic heterocycles. The number of hydrogen-bond acceptors (Lipinski definition) is 8. The summed E-state index contributed by atoms with van der Waals surface area (Å²) in [6.07, 6.45) is 0. The van der Waals surface area contributed by atoms with Crippen molar-refractivity contribution in [3.05, 3.63) is 84.4 Å². The van der Waals surface area contributed by atoms with Crippen LogP contribution in [0.4, 0.5) is 17.2 Å². The number of hydrogen-bond donors (Lipinski definition) is 0. The SMILES string of the molecule is O=C(c1cc([N+](=O)[O-])cc([N+](=O)[O-])c1)N1CCN(c2ccc(-c3ccc(Cl)cc3Cl)nn2)CC1. The summed E-state index contributed by atoms with van der Waals surface area (Å²) in [4.78, 5) is 37.0. The lowest BCUT2D eigenvalue weighted by Gasteiger charge is -2.35. The highest BCUT2D eigenvalue weighted by Crippen LogP contribution is 2.29. The molecule has 3 aromatic rings. The van der Waals surface area contributed by atoms with E-state index in [2.05, 4.69) is 10.2 Å². The first-order valence-electron chi connectivity index (χ1n) is 10.00. The average molecular weight is 503 g/mol. The summed E-state index contributed by atoms with van der Waals surface area (Å²) in [6, 6.07) is 11.6. The predicted octanol–water partition coefficient (Wildman–Crippen LogP) is 4.23. The van der Waals surface area contributed by atoms with Gasteiger partial charge in [-0.3, -0.25) is 25.0 Å². The molecule has 1 fully saturated rings. The largest absolute Gasteiger partial charge is 0.352 e. The quantitative estimate of drug-likeness (QED) is 0.373. The number of amides is 1. The number of nitro groups is 2. The third-order valence-corrected chi connectivity index (χ3v) is 5.87. The van der Waals surface area contributed by atoms with E-state index in [0.717, 1.165) is 18.2 Å². The molecule has 0 spiro atoms. The fourth-order valence-electron chi connectivity index (χ4n) is 3.59. The van der Waals surface area contributed by atoms with Crippen molar-refractivity contribution in [3.63, 3.8) is 0 Å². The first-order chi connectivity index (χ1) is 16.2. The van der Waals surface area contributed by atoms with Gasteiger partial charge in [0.25, 0.3) is 17.3 Å². The summed E-state index contributed by atoms with van der Waals surface area (Å²) >= 11 is 12.2. The number of nitrogens with zero attached hydrogens (tertiary/aromatic N) is 6. The van der Waals surface area contributed by atoms with E-state index in [-0.39, 0.29) is 5.56 Å². The Labute approximate surface area is 202 Å². The highest BCUT2D eigenvalue weighted by Gasteiger charge is 2.26. The van der Waals surface area contributed by atoms with Crippen LogP contribution < -0.4 is 4.90 Å². The van der Waals surface area contributed by atoms with Gasteiger partial charge in [-0.05, 0) is 30.3 Å². The zero-order chi connectivity index (χ0) is 24.4. The van der Waals surface area contributed by atoms with Crippen LogP contribution in [0.3, 0.4) is 0 Å². The number of carbonyl (C=O) groups is 1. The van der Waals surface area contributed by atoms with E-state index in [1.807, 2.05) is 4.90 Å². The maximum Gasteiger partial charge on any atom is 0.277 e. The second-order valence-electron chi connectivity index (χ2n) is 7.43. The molecule has 0 N–H and O–H groups in total. The van der Waals surface area contributed by atoms with Crippen molar-refractivity contribution < 1.29 is 14.6 Å². The summed E-state index contributed by atoms with van der Waals surface area (Å²) in [5.41, 5.74) is 0.177. The molecule has 0 bridgehead atoms. The van der Waals surface area contributed by atoms with Gasteiger partial charge in [0.05, 0.1) is 32.2 Å². The molecule has 0 saturated carbocycles. The van der Waals surface area contributed by atoms with Gasteiger partial charge >= 0.3 is 0 Å². The molecule has 13 heteroatoms. The minimum atomic E-state index is -0.763. The second kappa shape index (κ2) is 9.57. The van der Waals surface area contributed by atoms with Gasteiger partial charge in [-0.1, -0.05) is 23.2 Å². The summed E-state index contributed by atoms with van der Waals surface area (Å²) in [5, 5.41) is 31.7. The van der Waals surface area contributed by atoms with Crippen LogP contribution in [0.25, 0.3) is 11.3 Å². The molecule has 34 heavy (non-hydrogen) atoms. The van der Waals surface area contributed by atoms with Gasteiger partial charge in [-0.25, -0.2) is 0 Å². The van der Waals surface area contributed by atoms with Crippen molar-refractivity contribution in [1.29, 1.82) is 0 Å².